The van der Waals surface area contributed by atoms with E-state index < -0.39 is 0 Å². The third-order valence-corrected chi connectivity index (χ3v) is 3.78. The minimum atomic E-state index is 0.544. The van der Waals surface area contributed by atoms with Crippen molar-refractivity contribution in [3.63, 3.8) is 0 Å². The lowest BCUT2D eigenvalue weighted by Crippen LogP contribution is -2.17. The van der Waals surface area contributed by atoms with E-state index in [-0.39, 0.29) is 0 Å². The molecule has 0 bridgehead atoms. The number of rotatable bonds is 6. The summed E-state index contributed by atoms with van der Waals surface area (Å²) in [4.78, 5) is 6.54. The largest absolute Gasteiger partial charge is 0.497 e. The maximum Gasteiger partial charge on any atom is 0.241 e. The van der Waals surface area contributed by atoms with Gasteiger partial charge in [-0.05, 0) is 36.9 Å². The molecule has 24 heavy (non-hydrogen) atoms. The number of benzene rings is 2. The molecular weight excluding hydrogens is 326 g/mol. The third kappa shape index (κ3) is 4.13. The number of hydrogen-bond acceptors (Lipinski definition) is 5. The lowest BCUT2D eigenvalue weighted by molar-refractivity contribution is 0.260. The third-order valence-electron chi connectivity index (χ3n) is 3.54. The van der Waals surface area contributed by atoms with Crippen LogP contribution in [0.3, 0.4) is 0 Å². The van der Waals surface area contributed by atoms with E-state index in [0.29, 0.717) is 23.3 Å². The number of nitrogens with zero attached hydrogens (tertiary/aromatic N) is 3. The predicted molar refractivity (Wildman–Crippen MR) is 92.9 cm³/mol. The Morgan fingerprint density at radius 1 is 1.12 bits per heavy atom. The first kappa shape index (κ1) is 16.5. The van der Waals surface area contributed by atoms with E-state index in [2.05, 4.69) is 21.1 Å². The zero-order valence-corrected chi connectivity index (χ0v) is 14.3. The molecule has 0 spiro atoms. The van der Waals surface area contributed by atoms with Crippen LogP contribution in [0.2, 0.25) is 5.02 Å². The summed E-state index contributed by atoms with van der Waals surface area (Å²) < 4.78 is 10.6. The Balaban J connectivity index is 1.65. The Kier molecular flexibility index (Phi) is 5.13. The van der Waals surface area contributed by atoms with Crippen LogP contribution in [-0.2, 0) is 13.1 Å². The van der Waals surface area contributed by atoms with Gasteiger partial charge in [-0.1, -0.05) is 41.0 Å². The van der Waals surface area contributed by atoms with Gasteiger partial charge >= 0.3 is 0 Å². The average Bonchev–Trinajstić information content (AvgIpc) is 3.03. The second kappa shape index (κ2) is 7.47. The number of hydrogen-bond donors (Lipinski definition) is 0. The van der Waals surface area contributed by atoms with Gasteiger partial charge in [0.15, 0.2) is 0 Å². The van der Waals surface area contributed by atoms with E-state index >= 15 is 0 Å². The molecule has 124 valence electrons. The van der Waals surface area contributed by atoms with Crippen molar-refractivity contribution in [2.75, 3.05) is 14.2 Å². The zero-order chi connectivity index (χ0) is 16.9. The molecule has 3 rings (SSSR count). The van der Waals surface area contributed by atoms with Gasteiger partial charge in [-0.3, -0.25) is 4.90 Å². The van der Waals surface area contributed by atoms with Gasteiger partial charge in [-0.2, -0.15) is 4.98 Å². The maximum atomic E-state index is 6.00. The van der Waals surface area contributed by atoms with Crippen molar-refractivity contribution in [3.8, 4) is 17.1 Å². The predicted octanol–water partition coefficient (Wildman–Crippen LogP) is 4.03. The average molecular weight is 344 g/mol. The Morgan fingerprint density at radius 2 is 1.96 bits per heavy atom. The van der Waals surface area contributed by atoms with Gasteiger partial charge in [0.25, 0.3) is 0 Å². The van der Waals surface area contributed by atoms with E-state index in [1.807, 2.05) is 49.5 Å². The minimum Gasteiger partial charge on any atom is -0.497 e. The van der Waals surface area contributed by atoms with Crippen molar-refractivity contribution in [3.05, 3.63) is 65.0 Å². The summed E-state index contributed by atoms with van der Waals surface area (Å²) in [6, 6.07) is 15.4. The summed E-state index contributed by atoms with van der Waals surface area (Å²) >= 11 is 6.00. The first-order valence-corrected chi connectivity index (χ1v) is 7.92. The van der Waals surface area contributed by atoms with Gasteiger partial charge in [0.2, 0.25) is 11.7 Å². The Hall–Kier alpha value is -2.37. The van der Waals surface area contributed by atoms with Crippen LogP contribution in [0.5, 0.6) is 5.75 Å². The summed E-state index contributed by atoms with van der Waals surface area (Å²) in [5.41, 5.74) is 2.00. The fraction of sp³-hybridized carbons (Fsp3) is 0.222. The van der Waals surface area contributed by atoms with Crippen LogP contribution in [0.4, 0.5) is 0 Å². The molecular formula is C18H18ClN3O2. The van der Waals surface area contributed by atoms with Crippen LogP contribution in [0.25, 0.3) is 11.4 Å². The van der Waals surface area contributed by atoms with Crippen LogP contribution < -0.4 is 4.74 Å². The van der Waals surface area contributed by atoms with Crippen LogP contribution in [0, 0.1) is 0 Å². The minimum absolute atomic E-state index is 0.544. The molecule has 6 heteroatoms. The van der Waals surface area contributed by atoms with Gasteiger partial charge in [-0.15, -0.1) is 0 Å². The summed E-state index contributed by atoms with van der Waals surface area (Å²) in [5.74, 6) is 1.96. The van der Waals surface area contributed by atoms with Crippen LogP contribution in [-0.4, -0.2) is 29.2 Å². The van der Waals surface area contributed by atoms with E-state index in [1.165, 1.54) is 0 Å². The molecule has 0 saturated carbocycles. The SMILES string of the molecule is COc1cccc(CN(C)Cc2nc(-c3cccc(Cl)c3)no2)c1. The second-order valence-electron chi connectivity index (χ2n) is 5.55. The molecule has 0 unspecified atom stereocenters. The highest BCUT2D eigenvalue weighted by Crippen LogP contribution is 2.20. The highest BCUT2D eigenvalue weighted by atomic mass is 35.5. The molecule has 0 aliphatic rings. The molecule has 3 aromatic rings. The highest BCUT2D eigenvalue weighted by Gasteiger charge is 2.11. The van der Waals surface area contributed by atoms with Gasteiger partial charge in [0.05, 0.1) is 13.7 Å². The van der Waals surface area contributed by atoms with Crippen molar-refractivity contribution in [1.82, 2.24) is 15.0 Å². The van der Waals surface area contributed by atoms with Gasteiger partial charge in [-0.25, -0.2) is 0 Å². The van der Waals surface area contributed by atoms with Crippen molar-refractivity contribution in [2.45, 2.75) is 13.1 Å². The molecule has 1 aromatic heterocycles. The van der Waals surface area contributed by atoms with E-state index in [1.54, 1.807) is 7.11 Å². The van der Waals surface area contributed by atoms with Crippen LogP contribution in [0.15, 0.2) is 53.1 Å². The molecule has 5 nitrogen and oxygen atoms in total. The van der Waals surface area contributed by atoms with Gasteiger partial charge in [0.1, 0.15) is 5.75 Å². The standard InChI is InChI=1S/C18H18ClN3O2/c1-22(11-13-5-3-8-16(9-13)23-2)12-17-20-18(21-24-17)14-6-4-7-15(19)10-14/h3-10H,11-12H2,1-2H3. The second-order valence-corrected chi connectivity index (χ2v) is 5.98. The summed E-state index contributed by atoms with van der Waals surface area (Å²) in [7, 11) is 3.67. The Morgan fingerprint density at radius 3 is 2.75 bits per heavy atom. The molecule has 0 amide bonds. The van der Waals surface area contributed by atoms with Crippen LogP contribution >= 0.6 is 11.6 Å². The molecule has 0 N–H and O–H groups in total. The number of methoxy groups -OCH3 is 1. The van der Waals surface area contributed by atoms with Crippen LogP contribution in [0.1, 0.15) is 11.5 Å². The molecule has 2 aromatic carbocycles. The smallest absolute Gasteiger partial charge is 0.241 e. The molecule has 0 aliphatic carbocycles. The Labute approximate surface area is 145 Å². The first-order valence-electron chi connectivity index (χ1n) is 7.54. The fourth-order valence-electron chi connectivity index (χ4n) is 2.43. The van der Waals surface area contributed by atoms with Crippen molar-refractivity contribution >= 4 is 11.6 Å². The quantitative estimate of drug-likeness (QED) is 0.676. The monoisotopic (exact) mass is 343 g/mol. The van der Waals surface area contributed by atoms with Crippen molar-refractivity contribution in [2.24, 2.45) is 0 Å². The van der Waals surface area contributed by atoms with Crippen molar-refractivity contribution < 1.29 is 9.26 Å². The lowest BCUT2D eigenvalue weighted by atomic mass is 10.2. The van der Waals surface area contributed by atoms with Crippen molar-refractivity contribution in [1.29, 1.82) is 0 Å². The van der Waals surface area contributed by atoms with Gasteiger partial charge < -0.3 is 9.26 Å². The topological polar surface area (TPSA) is 51.4 Å². The summed E-state index contributed by atoms with van der Waals surface area (Å²) in [6.45, 7) is 1.32. The number of ether oxygens (including phenoxy) is 1. The molecule has 0 saturated heterocycles. The maximum absolute atomic E-state index is 6.00. The molecule has 0 radical (unpaired) electrons. The number of halogens is 1. The highest BCUT2D eigenvalue weighted by molar-refractivity contribution is 6.30. The molecule has 0 fully saturated rings. The molecule has 0 aliphatic heterocycles. The lowest BCUT2D eigenvalue weighted by Gasteiger charge is -2.14. The number of aromatic nitrogens is 2. The fourth-order valence-corrected chi connectivity index (χ4v) is 2.62. The molecule has 0 atom stereocenters. The Bertz CT molecular complexity index is 819. The van der Waals surface area contributed by atoms with E-state index in [4.69, 9.17) is 20.9 Å². The van der Waals surface area contributed by atoms with Gasteiger partial charge in [0, 0.05) is 17.1 Å². The van der Waals surface area contributed by atoms with E-state index in [0.717, 1.165) is 23.4 Å². The molecule has 1 heterocycles. The first-order chi connectivity index (χ1) is 11.6. The zero-order valence-electron chi connectivity index (χ0n) is 13.6. The normalized spacial score (nSPS) is 11.0. The van der Waals surface area contributed by atoms with E-state index in [9.17, 15) is 0 Å². The summed E-state index contributed by atoms with van der Waals surface area (Å²) in [5, 5.41) is 4.67. The summed E-state index contributed by atoms with van der Waals surface area (Å²) in [6.07, 6.45) is 0.